The van der Waals surface area contributed by atoms with Gasteiger partial charge in [0.05, 0.1) is 13.5 Å². The van der Waals surface area contributed by atoms with Crippen LogP contribution in [0.4, 0.5) is 22.4 Å². The highest BCUT2D eigenvalue weighted by Crippen LogP contribution is 2.26. The second-order valence-corrected chi connectivity index (χ2v) is 6.94. The van der Waals surface area contributed by atoms with E-state index in [1.165, 1.54) is 12.0 Å². The van der Waals surface area contributed by atoms with E-state index in [-0.39, 0.29) is 32.0 Å². The van der Waals surface area contributed by atoms with Crippen LogP contribution in [-0.4, -0.2) is 66.6 Å². The van der Waals surface area contributed by atoms with Gasteiger partial charge in [-0.3, -0.25) is 14.4 Å². The number of ether oxygens (including phenoxy) is 2. The molecule has 2 rings (SSSR count). The molecule has 2 N–H and O–H groups in total. The Balaban J connectivity index is 2.02. The molecule has 13 heteroatoms. The third kappa shape index (κ3) is 6.08. The molecule has 1 aliphatic rings. The van der Waals surface area contributed by atoms with E-state index in [2.05, 4.69) is 14.8 Å². The number of halogens is 4. The SMILES string of the molecule is COC(=O)N1CCC(C(=O)N[C@@H](CC(=O)O)C(=O)COc2c(F)c(F)cc(F)c2F)CC1. The number of nitrogens with one attached hydrogen (secondary N) is 1. The standard InChI is InChI=1S/C19H20F4N2O7/c1-31-19(30)25-4-2-9(3-5-25)18(29)24-12(7-14(27)28)13(26)8-32-17-15(22)10(20)6-11(21)16(17)23/h6,9,12H,2-5,7-8H2,1H3,(H,24,29)(H,27,28)/t12-/m0/s1. The highest BCUT2D eigenvalue weighted by Gasteiger charge is 2.32. The summed E-state index contributed by atoms with van der Waals surface area (Å²) < 4.78 is 62.9. The number of Topliss-reactive ketones (excluding diaryl/α,β-unsaturated/α-hetero) is 1. The Hall–Kier alpha value is -3.38. The minimum Gasteiger partial charge on any atom is -0.481 e. The van der Waals surface area contributed by atoms with Crippen LogP contribution >= 0.6 is 0 Å². The number of carboxylic acids is 1. The molecule has 1 aromatic rings. The Bertz CT molecular complexity index is 878. The van der Waals surface area contributed by atoms with Crippen LogP contribution in [0.2, 0.25) is 0 Å². The number of nitrogens with zero attached hydrogens (tertiary/aromatic N) is 1. The molecule has 0 saturated carbocycles. The third-order valence-electron chi connectivity index (χ3n) is 4.81. The number of amides is 2. The Labute approximate surface area is 179 Å². The van der Waals surface area contributed by atoms with Gasteiger partial charge in [0.15, 0.2) is 23.2 Å². The van der Waals surface area contributed by atoms with Gasteiger partial charge in [-0.15, -0.1) is 0 Å². The van der Waals surface area contributed by atoms with Crippen molar-refractivity contribution < 1.29 is 51.3 Å². The first-order valence-corrected chi connectivity index (χ1v) is 9.38. The number of likely N-dealkylation sites (tertiary alicyclic amines) is 1. The van der Waals surface area contributed by atoms with Crippen LogP contribution in [0.5, 0.6) is 5.75 Å². The molecular weight excluding hydrogens is 444 g/mol. The summed E-state index contributed by atoms with van der Waals surface area (Å²) in [7, 11) is 1.21. The number of aliphatic carboxylic acids is 1. The van der Waals surface area contributed by atoms with E-state index < -0.39 is 77.8 Å². The summed E-state index contributed by atoms with van der Waals surface area (Å²) >= 11 is 0. The Morgan fingerprint density at radius 3 is 2.19 bits per heavy atom. The molecule has 9 nitrogen and oxygen atoms in total. The summed E-state index contributed by atoms with van der Waals surface area (Å²) in [6, 6.07) is -1.67. The van der Waals surface area contributed by atoms with Gasteiger partial charge < -0.3 is 24.8 Å². The lowest BCUT2D eigenvalue weighted by Gasteiger charge is -2.30. The number of rotatable bonds is 8. The number of piperidine rings is 1. The zero-order chi connectivity index (χ0) is 24.0. The van der Waals surface area contributed by atoms with Crippen LogP contribution in [0.25, 0.3) is 0 Å². The van der Waals surface area contributed by atoms with Crippen LogP contribution in [0, 0.1) is 29.2 Å². The number of hydrogen-bond acceptors (Lipinski definition) is 6. The van der Waals surface area contributed by atoms with Gasteiger partial charge in [0.25, 0.3) is 0 Å². The molecule has 32 heavy (non-hydrogen) atoms. The van der Waals surface area contributed by atoms with Crippen molar-refractivity contribution in [2.45, 2.75) is 25.3 Å². The predicted molar refractivity (Wildman–Crippen MR) is 97.7 cm³/mol. The van der Waals surface area contributed by atoms with E-state index in [1.54, 1.807) is 0 Å². The second-order valence-electron chi connectivity index (χ2n) is 6.94. The Morgan fingerprint density at radius 1 is 1.12 bits per heavy atom. The summed E-state index contributed by atoms with van der Waals surface area (Å²) in [4.78, 5) is 48.7. The quantitative estimate of drug-likeness (QED) is 0.443. The largest absolute Gasteiger partial charge is 0.481 e. The summed E-state index contributed by atoms with van der Waals surface area (Å²) in [6.07, 6.45) is -0.972. The molecule has 1 saturated heterocycles. The maximum atomic E-state index is 13.7. The summed E-state index contributed by atoms with van der Waals surface area (Å²) in [5, 5.41) is 11.2. The van der Waals surface area contributed by atoms with Gasteiger partial charge in [-0.2, -0.15) is 8.78 Å². The normalized spacial score (nSPS) is 15.1. The molecule has 1 aromatic carbocycles. The van der Waals surface area contributed by atoms with Crippen molar-refractivity contribution >= 4 is 23.8 Å². The molecule has 0 bridgehead atoms. The molecule has 1 heterocycles. The molecular formula is C19H20F4N2O7. The van der Waals surface area contributed by atoms with E-state index >= 15 is 0 Å². The van der Waals surface area contributed by atoms with Crippen LogP contribution in [0.15, 0.2) is 6.07 Å². The number of carbonyl (C=O) groups excluding carboxylic acids is 3. The van der Waals surface area contributed by atoms with Crippen molar-refractivity contribution in [1.29, 1.82) is 0 Å². The van der Waals surface area contributed by atoms with Crippen molar-refractivity contribution in [3.05, 3.63) is 29.3 Å². The van der Waals surface area contributed by atoms with Gasteiger partial charge in [0, 0.05) is 25.1 Å². The Morgan fingerprint density at radius 2 is 1.69 bits per heavy atom. The van der Waals surface area contributed by atoms with Crippen LogP contribution in [0.3, 0.4) is 0 Å². The van der Waals surface area contributed by atoms with E-state index in [0.29, 0.717) is 0 Å². The molecule has 0 radical (unpaired) electrons. The summed E-state index contributed by atoms with van der Waals surface area (Å²) in [5.74, 6) is -12.6. The lowest BCUT2D eigenvalue weighted by atomic mass is 9.95. The fraction of sp³-hybridized carbons (Fsp3) is 0.474. The molecule has 176 valence electrons. The number of hydrogen-bond donors (Lipinski definition) is 2. The van der Waals surface area contributed by atoms with Crippen molar-refractivity contribution in [3.63, 3.8) is 0 Å². The van der Waals surface area contributed by atoms with Crippen molar-refractivity contribution in [2.24, 2.45) is 5.92 Å². The van der Waals surface area contributed by atoms with Gasteiger partial charge in [-0.1, -0.05) is 0 Å². The molecule has 1 aliphatic heterocycles. The van der Waals surface area contributed by atoms with E-state index in [0.717, 1.165) is 0 Å². The molecule has 0 aromatic heterocycles. The monoisotopic (exact) mass is 464 g/mol. The topological polar surface area (TPSA) is 122 Å². The average Bonchev–Trinajstić information content (AvgIpc) is 2.76. The fourth-order valence-electron chi connectivity index (χ4n) is 3.08. The van der Waals surface area contributed by atoms with Gasteiger partial charge in [-0.25, -0.2) is 13.6 Å². The highest BCUT2D eigenvalue weighted by molar-refractivity contribution is 5.93. The third-order valence-corrected chi connectivity index (χ3v) is 4.81. The minimum atomic E-state index is -1.87. The molecule has 0 aliphatic carbocycles. The lowest BCUT2D eigenvalue weighted by molar-refractivity contribution is -0.141. The zero-order valence-corrected chi connectivity index (χ0v) is 16.8. The fourth-order valence-corrected chi connectivity index (χ4v) is 3.08. The van der Waals surface area contributed by atoms with Crippen LogP contribution in [-0.2, 0) is 19.1 Å². The number of methoxy groups -OCH3 is 1. The lowest BCUT2D eigenvalue weighted by Crippen LogP contribution is -2.49. The molecule has 1 fully saturated rings. The first-order valence-electron chi connectivity index (χ1n) is 9.38. The first kappa shape index (κ1) is 24.9. The van der Waals surface area contributed by atoms with E-state index in [9.17, 15) is 36.7 Å². The van der Waals surface area contributed by atoms with E-state index in [1.807, 2.05) is 0 Å². The van der Waals surface area contributed by atoms with Gasteiger partial charge in [-0.05, 0) is 12.8 Å². The van der Waals surface area contributed by atoms with Gasteiger partial charge in [0.2, 0.25) is 17.5 Å². The van der Waals surface area contributed by atoms with Crippen LogP contribution < -0.4 is 10.1 Å². The molecule has 0 spiro atoms. The number of carbonyl (C=O) groups is 4. The zero-order valence-electron chi connectivity index (χ0n) is 16.8. The Kier molecular flexibility index (Phi) is 8.38. The summed E-state index contributed by atoms with van der Waals surface area (Å²) in [5.41, 5.74) is 0. The minimum absolute atomic E-state index is 0.0433. The molecule has 2 amide bonds. The average molecular weight is 464 g/mol. The number of benzene rings is 1. The molecule has 1 atom stereocenters. The second kappa shape index (κ2) is 10.8. The van der Waals surface area contributed by atoms with Crippen LogP contribution in [0.1, 0.15) is 19.3 Å². The van der Waals surface area contributed by atoms with Gasteiger partial charge >= 0.3 is 12.1 Å². The number of ketones is 1. The van der Waals surface area contributed by atoms with Gasteiger partial charge in [0.1, 0.15) is 12.6 Å². The van der Waals surface area contributed by atoms with Crippen molar-refractivity contribution in [1.82, 2.24) is 10.2 Å². The maximum Gasteiger partial charge on any atom is 0.409 e. The summed E-state index contributed by atoms with van der Waals surface area (Å²) in [6.45, 7) is -0.750. The van der Waals surface area contributed by atoms with Crippen molar-refractivity contribution in [2.75, 3.05) is 26.8 Å². The molecule has 0 unspecified atom stereocenters. The smallest absolute Gasteiger partial charge is 0.409 e. The van der Waals surface area contributed by atoms with E-state index in [4.69, 9.17) is 5.11 Å². The maximum absolute atomic E-state index is 13.7. The predicted octanol–water partition coefficient (Wildman–Crippen LogP) is 1.63. The first-order chi connectivity index (χ1) is 15.0. The number of carboxylic acid groups (broad SMARTS) is 1. The highest BCUT2D eigenvalue weighted by atomic mass is 19.2. The van der Waals surface area contributed by atoms with Crippen molar-refractivity contribution in [3.8, 4) is 5.75 Å².